The molecule has 0 fully saturated rings. The lowest BCUT2D eigenvalue weighted by molar-refractivity contribution is 1.07. The van der Waals surface area contributed by atoms with E-state index in [4.69, 9.17) is 11.6 Å². The molecule has 5 heteroatoms. The van der Waals surface area contributed by atoms with Crippen molar-refractivity contribution in [1.29, 1.82) is 0 Å². The summed E-state index contributed by atoms with van der Waals surface area (Å²) in [5.41, 5.74) is 3.18. The lowest BCUT2D eigenvalue weighted by Crippen LogP contribution is -2.03. The van der Waals surface area contributed by atoms with E-state index in [2.05, 4.69) is 15.3 Å². The van der Waals surface area contributed by atoms with Crippen LogP contribution in [0.5, 0.6) is 0 Å². The fourth-order valence-corrected chi connectivity index (χ4v) is 2.78. The fraction of sp³-hybridized carbons (Fsp3) is 0.133. The van der Waals surface area contributed by atoms with Crippen molar-refractivity contribution in [2.24, 2.45) is 0 Å². The van der Waals surface area contributed by atoms with Gasteiger partial charge in [0.2, 0.25) is 0 Å². The molecule has 0 unspecified atom stereocenters. The molecule has 0 saturated carbocycles. The van der Waals surface area contributed by atoms with Crippen LogP contribution in [0.2, 0.25) is 5.02 Å². The van der Waals surface area contributed by atoms with Crippen LogP contribution < -0.4 is 5.32 Å². The van der Waals surface area contributed by atoms with Crippen molar-refractivity contribution in [2.45, 2.75) is 5.16 Å². The van der Waals surface area contributed by atoms with Gasteiger partial charge in [0.15, 0.2) is 5.16 Å². The molecule has 0 bridgehead atoms. The first-order chi connectivity index (χ1) is 9.81. The Balaban J connectivity index is 1.51. The molecule has 1 aromatic heterocycles. The van der Waals surface area contributed by atoms with Crippen LogP contribution in [0.1, 0.15) is 0 Å². The van der Waals surface area contributed by atoms with Crippen molar-refractivity contribution in [3.8, 4) is 0 Å². The molecule has 0 aliphatic heterocycles. The van der Waals surface area contributed by atoms with Crippen LogP contribution >= 0.6 is 23.4 Å². The van der Waals surface area contributed by atoms with Gasteiger partial charge < -0.3 is 10.3 Å². The summed E-state index contributed by atoms with van der Waals surface area (Å²) in [5.74, 6) is 0.947. The standard InChI is InChI=1S/C15H14ClN3S/c16-11-5-7-12(8-6-11)17-9-10-20-15-18-13-3-1-2-4-14(13)19-15/h1-8,17H,9-10H2,(H,18,19). The van der Waals surface area contributed by atoms with Crippen LogP contribution in [-0.4, -0.2) is 22.3 Å². The molecule has 3 aromatic rings. The molecule has 0 aliphatic carbocycles. The Morgan fingerprint density at radius 3 is 2.70 bits per heavy atom. The number of hydrogen-bond acceptors (Lipinski definition) is 3. The normalized spacial score (nSPS) is 10.8. The van der Waals surface area contributed by atoms with Gasteiger partial charge in [0, 0.05) is 23.0 Å². The van der Waals surface area contributed by atoms with Crippen molar-refractivity contribution < 1.29 is 0 Å². The maximum atomic E-state index is 5.85. The molecule has 0 amide bonds. The van der Waals surface area contributed by atoms with E-state index in [1.54, 1.807) is 11.8 Å². The van der Waals surface area contributed by atoms with E-state index >= 15 is 0 Å². The number of aromatic nitrogens is 2. The maximum absolute atomic E-state index is 5.85. The number of thioether (sulfide) groups is 1. The Labute approximate surface area is 126 Å². The zero-order valence-electron chi connectivity index (χ0n) is 10.8. The van der Waals surface area contributed by atoms with Crippen LogP contribution in [-0.2, 0) is 0 Å². The first-order valence-corrected chi connectivity index (χ1v) is 7.74. The van der Waals surface area contributed by atoms with Crippen molar-refractivity contribution in [3.05, 3.63) is 53.6 Å². The zero-order valence-corrected chi connectivity index (χ0v) is 12.3. The monoisotopic (exact) mass is 303 g/mol. The molecule has 0 saturated heterocycles. The van der Waals surface area contributed by atoms with E-state index in [1.807, 2.05) is 48.5 Å². The number of nitrogens with zero attached hydrogens (tertiary/aromatic N) is 1. The number of nitrogens with one attached hydrogen (secondary N) is 2. The van der Waals surface area contributed by atoms with E-state index in [0.29, 0.717) is 0 Å². The Bertz CT molecular complexity index is 661. The number of hydrogen-bond donors (Lipinski definition) is 2. The Morgan fingerprint density at radius 2 is 1.90 bits per heavy atom. The van der Waals surface area contributed by atoms with E-state index in [9.17, 15) is 0 Å². The number of imidazole rings is 1. The summed E-state index contributed by atoms with van der Waals surface area (Å²) < 4.78 is 0. The van der Waals surface area contributed by atoms with Crippen LogP contribution in [0.4, 0.5) is 5.69 Å². The van der Waals surface area contributed by atoms with E-state index in [-0.39, 0.29) is 0 Å². The molecule has 0 atom stereocenters. The summed E-state index contributed by atoms with van der Waals surface area (Å²) in [6, 6.07) is 15.8. The number of benzene rings is 2. The molecule has 20 heavy (non-hydrogen) atoms. The second kappa shape index (κ2) is 6.20. The Hall–Kier alpha value is -1.65. The summed E-state index contributed by atoms with van der Waals surface area (Å²) in [6.45, 7) is 0.878. The first-order valence-electron chi connectivity index (χ1n) is 6.38. The van der Waals surface area contributed by atoms with Crippen molar-refractivity contribution in [3.63, 3.8) is 0 Å². The van der Waals surface area contributed by atoms with Gasteiger partial charge in [0.05, 0.1) is 11.0 Å². The lowest BCUT2D eigenvalue weighted by Gasteiger charge is -2.05. The third-order valence-electron chi connectivity index (χ3n) is 2.88. The van der Waals surface area contributed by atoms with Gasteiger partial charge in [-0.3, -0.25) is 0 Å². The second-order valence-electron chi connectivity index (χ2n) is 4.34. The third kappa shape index (κ3) is 3.26. The number of aromatic amines is 1. The molecular weight excluding hydrogens is 290 g/mol. The predicted octanol–water partition coefficient (Wildman–Crippen LogP) is 4.42. The first kappa shape index (κ1) is 13.3. The van der Waals surface area contributed by atoms with Gasteiger partial charge in [-0.25, -0.2) is 4.98 Å². The number of fused-ring (bicyclic) bond motifs is 1. The summed E-state index contributed by atoms with van der Waals surface area (Å²) in [7, 11) is 0. The Morgan fingerprint density at radius 1 is 1.10 bits per heavy atom. The average Bonchev–Trinajstić information content (AvgIpc) is 2.88. The summed E-state index contributed by atoms with van der Waals surface area (Å²) in [5, 5.41) is 5.07. The highest BCUT2D eigenvalue weighted by atomic mass is 35.5. The molecule has 1 heterocycles. The highest BCUT2D eigenvalue weighted by molar-refractivity contribution is 7.99. The van der Waals surface area contributed by atoms with Gasteiger partial charge in [-0.05, 0) is 36.4 Å². The third-order valence-corrected chi connectivity index (χ3v) is 4.01. The molecule has 102 valence electrons. The SMILES string of the molecule is Clc1ccc(NCCSc2nc3ccccc3[nH]2)cc1. The van der Waals surface area contributed by atoms with Crippen LogP contribution in [0.15, 0.2) is 53.7 Å². The van der Waals surface area contributed by atoms with Gasteiger partial charge in [0.1, 0.15) is 0 Å². The van der Waals surface area contributed by atoms with Crippen molar-refractivity contribution in [1.82, 2.24) is 9.97 Å². The number of anilines is 1. The zero-order chi connectivity index (χ0) is 13.8. The molecule has 3 rings (SSSR count). The van der Waals surface area contributed by atoms with Crippen LogP contribution in [0.25, 0.3) is 11.0 Å². The van der Waals surface area contributed by atoms with Gasteiger partial charge >= 0.3 is 0 Å². The van der Waals surface area contributed by atoms with E-state index in [0.717, 1.165) is 39.2 Å². The fourth-order valence-electron chi connectivity index (χ4n) is 1.91. The topological polar surface area (TPSA) is 40.7 Å². The largest absolute Gasteiger partial charge is 0.384 e. The summed E-state index contributed by atoms with van der Waals surface area (Å²) in [6.07, 6.45) is 0. The van der Waals surface area contributed by atoms with Gasteiger partial charge in [-0.1, -0.05) is 35.5 Å². The minimum absolute atomic E-state index is 0.757. The van der Waals surface area contributed by atoms with Gasteiger partial charge in [-0.2, -0.15) is 0 Å². The quantitative estimate of drug-likeness (QED) is 0.541. The predicted molar refractivity (Wildman–Crippen MR) is 86.8 cm³/mol. The number of H-pyrrole nitrogens is 1. The van der Waals surface area contributed by atoms with E-state index < -0.39 is 0 Å². The number of rotatable bonds is 5. The molecule has 3 nitrogen and oxygen atoms in total. The molecular formula is C15H14ClN3S. The maximum Gasteiger partial charge on any atom is 0.166 e. The smallest absolute Gasteiger partial charge is 0.166 e. The molecule has 0 spiro atoms. The second-order valence-corrected chi connectivity index (χ2v) is 5.86. The molecule has 0 aliphatic rings. The van der Waals surface area contributed by atoms with Gasteiger partial charge in [0.25, 0.3) is 0 Å². The molecule has 2 aromatic carbocycles. The number of halogens is 1. The minimum Gasteiger partial charge on any atom is -0.384 e. The Kier molecular flexibility index (Phi) is 4.14. The molecule has 0 radical (unpaired) electrons. The van der Waals surface area contributed by atoms with Crippen molar-refractivity contribution >= 4 is 40.1 Å². The average molecular weight is 304 g/mol. The lowest BCUT2D eigenvalue weighted by atomic mass is 10.3. The summed E-state index contributed by atoms with van der Waals surface area (Å²) in [4.78, 5) is 7.84. The van der Waals surface area contributed by atoms with Gasteiger partial charge in [-0.15, -0.1) is 0 Å². The highest BCUT2D eigenvalue weighted by Crippen LogP contribution is 2.19. The van der Waals surface area contributed by atoms with Crippen LogP contribution in [0, 0.1) is 0 Å². The highest BCUT2D eigenvalue weighted by Gasteiger charge is 2.01. The van der Waals surface area contributed by atoms with Crippen molar-refractivity contribution in [2.75, 3.05) is 17.6 Å². The molecule has 2 N–H and O–H groups in total. The number of para-hydroxylation sites is 2. The van der Waals surface area contributed by atoms with Crippen LogP contribution in [0.3, 0.4) is 0 Å². The minimum atomic E-state index is 0.757. The summed E-state index contributed by atoms with van der Waals surface area (Å²) >= 11 is 7.56. The van der Waals surface area contributed by atoms with E-state index in [1.165, 1.54) is 0 Å².